The topological polar surface area (TPSA) is 29.1 Å². The van der Waals surface area contributed by atoms with Gasteiger partial charge in [-0.3, -0.25) is 4.79 Å². The minimum absolute atomic E-state index is 0.137. The van der Waals surface area contributed by atoms with Gasteiger partial charge in [-0.1, -0.05) is 12.1 Å². The normalized spacial score (nSPS) is 11.4. The summed E-state index contributed by atoms with van der Waals surface area (Å²) in [4.78, 5) is 12.1. The summed E-state index contributed by atoms with van der Waals surface area (Å²) in [6.45, 7) is 3.80. The van der Waals surface area contributed by atoms with Crippen LogP contribution in [0.15, 0.2) is 18.2 Å². The van der Waals surface area contributed by atoms with Gasteiger partial charge in [0.2, 0.25) is 0 Å². The van der Waals surface area contributed by atoms with Crippen LogP contribution in [0.2, 0.25) is 0 Å². The predicted octanol–water partition coefficient (Wildman–Crippen LogP) is 3.57. The summed E-state index contributed by atoms with van der Waals surface area (Å²) in [5.74, 6) is 0.428. The Kier molecular flexibility index (Phi) is 5.54. The Morgan fingerprint density at radius 3 is 2.53 bits per heavy atom. The second-order valence-electron chi connectivity index (χ2n) is 4.22. The summed E-state index contributed by atoms with van der Waals surface area (Å²) in [5.41, 5.74) is 1.16. The van der Waals surface area contributed by atoms with E-state index in [0.717, 1.165) is 9.13 Å². The zero-order valence-corrected chi connectivity index (χ0v) is 13.4. The van der Waals surface area contributed by atoms with Gasteiger partial charge in [0.25, 0.3) is 5.91 Å². The van der Waals surface area contributed by atoms with Crippen LogP contribution in [0.5, 0.6) is 0 Å². The number of alkyl halides is 2. The van der Waals surface area contributed by atoms with Crippen molar-refractivity contribution in [1.29, 1.82) is 0 Å². The summed E-state index contributed by atoms with van der Waals surface area (Å²) in [7, 11) is 0. The van der Waals surface area contributed by atoms with Crippen molar-refractivity contribution in [2.24, 2.45) is 0 Å². The van der Waals surface area contributed by atoms with Crippen LogP contribution in [0.3, 0.4) is 0 Å². The molecule has 0 spiro atoms. The van der Waals surface area contributed by atoms with Crippen LogP contribution in [0, 0.1) is 10.5 Å². The number of amides is 1. The molecule has 2 nitrogen and oxygen atoms in total. The van der Waals surface area contributed by atoms with Crippen molar-refractivity contribution in [2.75, 3.05) is 11.8 Å². The Hall–Kier alpha value is 0.000000000000000111. The van der Waals surface area contributed by atoms with Gasteiger partial charge in [-0.15, -0.1) is 23.2 Å². The molecular formula is C12H14Cl2INO. The molecule has 1 aromatic carbocycles. The molecular weight excluding hydrogens is 372 g/mol. The number of hydrogen-bond acceptors (Lipinski definition) is 1. The molecule has 0 atom stereocenters. The van der Waals surface area contributed by atoms with Gasteiger partial charge in [0.1, 0.15) is 0 Å². The van der Waals surface area contributed by atoms with Crippen molar-refractivity contribution in [3.05, 3.63) is 32.9 Å². The number of rotatable bonds is 4. The van der Waals surface area contributed by atoms with Crippen molar-refractivity contribution in [3.8, 4) is 0 Å². The highest BCUT2D eigenvalue weighted by molar-refractivity contribution is 14.1. The first kappa shape index (κ1) is 15.1. The summed E-state index contributed by atoms with van der Waals surface area (Å²) >= 11 is 13.8. The molecule has 17 heavy (non-hydrogen) atoms. The maximum absolute atomic E-state index is 12.1. The molecule has 0 saturated carbocycles. The monoisotopic (exact) mass is 385 g/mol. The van der Waals surface area contributed by atoms with E-state index in [1.165, 1.54) is 0 Å². The van der Waals surface area contributed by atoms with E-state index < -0.39 is 5.54 Å². The maximum Gasteiger partial charge on any atom is 0.252 e. The van der Waals surface area contributed by atoms with Gasteiger partial charge in [0.15, 0.2) is 0 Å². The molecule has 1 amide bonds. The van der Waals surface area contributed by atoms with E-state index in [4.69, 9.17) is 23.2 Å². The smallest absolute Gasteiger partial charge is 0.252 e. The first-order chi connectivity index (χ1) is 7.93. The molecule has 1 N–H and O–H groups in total. The third-order valence-corrected chi connectivity index (χ3v) is 5.05. The second kappa shape index (κ2) is 6.25. The van der Waals surface area contributed by atoms with Gasteiger partial charge >= 0.3 is 0 Å². The first-order valence-corrected chi connectivity index (χ1v) is 7.28. The van der Waals surface area contributed by atoms with E-state index in [9.17, 15) is 4.79 Å². The summed E-state index contributed by atoms with van der Waals surface area (Å²) in [5, 5.41) is 2.87. The van der Waals surface area contributed by atoms with Crippen molar-refractivity contribution < 1.29 is 4.79 Å². The highest BCUT2D eigenvalue weighted by Crippen LogP contribution is 2.18. The molecule has 0 aromatic heterocycles. The molecule has 0 bridgehead atoms. The average Bonchev–Trinajstić information content (AvgIpc) is 2.32. The number of carbonyl (C=O) groups is 1. The van der Waals surface area contributed by atoms with Gasteiger partial charge in [0, 0.05) is 15.3 Å². The lowest BCUT2D eigenvalue weighted by atomic mass is 10.1. The number of aryl methyl sites for hydroxylation is 1. The Balaban J connectivity index is 2.94. The largest absolute Gasteiger partial charge is 0.344 e. The fraction of sp³-hybridized carbons (Fsp3) is 0.417. The Bertz CT molecular complexity index is 419. The first-order valence-electron chi connectivity index (χ1n) is 5.13. The fourth-order valence-electron chi connectivity index (χ4n) is 1.27. The van der Waals surface area contributed by atoms with Gasteiger partial charge in [0.05, 0.1) is 11.1 Å². The van der Waals surface area contributed by atoms with E-state index in [2.05, 4.69) is 27.9 Å². The van der Waals surface area contributed by atoms with Crippen LogP contribution in [0.25, 0.3) is 0 Å². The molecule has 0 aliphatic rings. The average molecular weight is 386 g/mol. The minimum Gasteiger partial charge on any atom is -0.344 e. The molecule has 0 radical (unpaired) electrons. The maximum atomic E-state index is 12.1. The van der Waals surface area contributed by atoms with Crippen LogP contribution >= 0.6 is 45.8 Å². The summed E-state index contributed by atoms with van der Waals surface area (Å²) in [6.07, 6.45) is 0. The third kappa shape index (κ3) is 3.73. The van der Waals surface area contributed by atoms with Crippen molar-refractivity contribution in [3.63, 3.8) is 0 Å². The zero-order valence-electron chi connectivity index (χ0n) is 9.69. The van der Waals surface area contributed by atoms with E-state index in [1.54, 1.807) is 6.07 Å². The highest BCUT2D eigenvalue weighted by atomic mass is 127. The Morgan fingerprint density at radius 1 is 1.41 bits per heavy atom. The number of hydrogen-bond donors (Lipinski definition) is 1. The highest BCUT2D eigenvalue weighted by Gasteiger charge is 2.25. The minimum atomic E-state index is -0.576. The molecule has 0 unspecified atom stereocenters. The van der Waals surface area contributed by atoms with E-state index in [1.807, 2.05) is 26.0 Å². The van der Waals surface area contributed by atoms with Gasteiger partial charge in [-0.05, 0) is 48.1 Å². The van der Waals surface area contributed by atoms with E-state index >= 15 is 0 Å². The van der Waals surface area contributed by atoms with E-state index in [-0.39, 0.29) is 17.7 Å². The van der Waals surface area contributed by atoms with Crippen molar-refractivity contribution in [2.45, 2.75) is 19.4 Å². The second-order valence-corrected chi connectivity index (χ2v) is 5.83. The van der Waals surface area contributed by atoms with Crippen molar-refractivity contribution in [1.82, 2.24) is 5.32 Å². The lowest BCUT2D eigenvalue weighted by molar-refractivity contribution is 0.0920. The fourth-order valence-corrected chi connectivity index (χ4v) is 2.29. The molecule has 0 fully saturated rings. The molecule has 1 rings (SSSR count). The van der Waals surface area contributed by atoms with Crippen LogP contribution in [0.4, 0.5) is 0 Å². The summed E-state index contributed by atoms with van der Waals surface area (Å²) in [6, 6.07) is 5.64. The van der Waals surface area contributed by atoms with Crippen LogP contribution in [-0.2, 0) is 0 Å². The van der Waals surface area contributed by atoms with Gasteiger partial charge < -0.3 is 5.32 Å². The number of halogens is 3. The molecule has 5 heteroatoms. The molecule has 94 valence electrons. The predicted molar refractivity (Wildman–Crippen MR) is 81.2 cm³/mol. The van der Waals surface area contributed by atoms with Crippen LogP contribution in [0.1, 0.15) is 22.8 Å². The van der Waals surface area contributed by atoms with Gasteiger partial charge in [-0.25, -0.2) is 0 Å². The Morgan fingerprint density at radius 2 is 2.00 bits per heavy atom. The molecule has 0 aliphatic carbocycles. The van der Waals surface area contributed by atoms with Crippen LogP contribution < -0.4 is 5.32 Å². The molecule has 0 aliphatic heterocycles. The quantitative estimate of drug-likeness (QED) is 0.623. The third-order valence-electron chi connectivity index (χ3n) is 2.44. The molecule has 1 aromatic rings. The lowest BCUT2D eigenvalue weighted by Crippen LogP contribution is -2.49. The number of benzene rings is 1. The number of carbonyl (C=O) groups excluding carboxylic acids is 1. The SMILES string of the molecule is Cc1cccc(C(=O)NC(C)(CCl)CCl)c1I. The molecule has 0 saturated heterocycles. The summed E-state index contributed by atoms with van der Waals surface area (Å²) < 4.78 is 0.953. The van der Waals surface area contributed by atoms with Gasteiger partial charge in [-0.2, -0.15) is 0 Å². The Labute approximate surface area is 125 Å². The van der Waals surface area contributed by atoms with Crippen LogP contribution in [-0.4, -0.2) is 23.2 Å². The van der Waals surface area contributed by atoms with Crippen molar-refractivity contribution >= 4 is 51.7 Å². The number of nitrogens with one attached hydrogen (secondary N) is 1. The molecule has 0 heterocycles. The van der Waals surface area contributed by atoms with E-state index in [0.29, 0.717) is 5.56 Å². The standard InChI is InChI=1S/C12H14Cl2INO/c1-8-4-3-5-9(10(8)15)11(17)16-12(2,6-13)7-14/h3-5H,6-7H2,1-2H3,(H,16,17). The zero-order chi connectivity index (χ0) is 13.1. The lowest BCUT2D eigenvalue weighted by Gasteiger charge is -2.26.